The van der Waals surface area contributed by atoms with E-state index in [1.165, 1.54) is 0 Å². The van der Waals surface area contributed by atoms with Crippen LogP contribution in [-0.4, -0.2) is 14.2 Å². The highest BCUT2D eigenvalue weighted by Crippen LogP contribution is 2.38. The third-order valence-electron chi connectivity index (χ3n) is 4.11. The lowest BCUT2D eigenvalue weighted by molar-refractivity contribution is 0.414. The van der Waals surface area contributed by atoms with Crippen LogP contribution >= 0.6 is 0 Å². The minimum absolute atomic E-state index is 0.858. The molecule has 0 aliphatic carbocycles. The molecule has 0 aliphatic heterocycles. The maximum absolute atomic E-state index is 5.52. The second kappa shape index (κ2) is 6.21. The number of ether oxygens (including phenoxy) is 2. The Labute approximate surface area is 136 Å². The number of aryl methyl sites for hydroxylation is 2. The second-order valence-corrected chi connectivity index (χ2v) is 5.56. The Morgan fingerprint density at radius 1 is 0.652 bits per heavy atom. The van der Waals surface area contributed by atoms with Gasteiger partial charge in [-0.15, -0.1) is 0 Å². The van der Waals surface area contributed by atoms with E-state index in [1.54, 1.807) is 26.7 Å². The van der Waals surface area contributed by atoms with Crippen molar-refractivity contribution in [2.24, 2.45) is 0 Å². The predicted octanol–water partition coefficient (Wildman–Crippen LogP) is 5.25. The van der Waals surface area contributed by atoms with Crippen LogP contribution < -0.4 is 9.47 Å². The van der Waals surface area contributed by atoms with Gasteiger partial charge in [0.05, 0.1) is 26.7 Å². The summed E-state index contributed by atoms with van der Waals surface area (Å²) in [7, 11) is 3.36. The summed E-state index contributed by atoms with van der Waals surface area (Å²) in [5.41, 5.74) is 6.75. The molecule has 0 spiro atoms. The number of benzene rings is 2. The van der Waals surface area contributed by atoms with Crippen molar-refractivity contribution in [1.82, 2.24) is 0 Å². The zero-order valence-corrected chi connectivity index (χ0v) is 13.8. The molecule has 0 bridgehead atoms. The number of methoxy groups -OCH3 is 2. The lowest BCUT2D eigenvalue weighted by atomic mass is 9.93. The van der Waals surface area contributed by atoms with Gasteiger partial charge in [0.2, 0.25) is 0 Å². The standard InChI is InChI=1S/C20H20O3/c1-13-9-15(21-3)5-7-17(13)19-11-23-12-20(19)18-8-6-16(22-4)10-14(18)2/h5-12H,1-4H3. The Morgan fingerprint density at radius 3 is 1.43 bits per heavy atom. The molecular weight excluding hydrogens is 288 g/mol. The van der Waals surface area contributed by atoms with Gasteiger partial charge in [-0.25, -0.2) is 0 Å². The maximum atomic E-state index is 5.52. The Morgan fingerprint density at radius 2 is 1.09 bits per heavy atom. The SMILES string of the molecule is COc1ccc(-c2cocc2-c2ccc(OC)cc2C)c(C)c1. The molecule has 3 nitrogen and oxygen atoms in total. The highest BCUT2D eigenvalue weighted by Gasteiger charge is 2.14. The maximum Gasteiger partial charge on any atom is 0.119 e. The molecule has 1 aromatic heterocycles. The first-order valence-electron chi connectivity index (χ1n) is 7.50. The average molecular weight is 308 g/mol. The Bertz CT molecular complexity index is 763. The van der Waals surface area contributed by atoms with E-state index in [2.05, 4.69) is 26.0 Å². The van der Waals surface area contributed by atoms with Crippen LogP contribution in [0.5, 0.6) is 11.5 Å². The number of furan rings is 1. The number of hydrogen-bond acceptors (Lipinski definition) is 3. The molecular formula is C20H20O3. The first kappa shape index (κ1) is 15.2. The molecule has 0 N–H and O–H groups in total. The summed E-state index contributed by atoms with van der Waals surface area (Å²) < 4.78 is 16.1. The molecule has 0 amide bonds. The van der Waals surface area contributed by atoms with Gasteiger partial charge in [-0.05, 0) is 60.4 Å². The topological polar surface area (TPSA) is 31.6 Å². The van der Waals surface area contributed by atoms with Crippen molar-refractivity contribution in [2.75, 3.05) is 14.2 Å². The van der Waals surface area contributed by atoms with E-state index in [0.29, 0.717) is 0 Å². The van der Waals surface area contributed by atoms with E-state index in [0.717, 1.165) is 44.9 Å². The molecule has 3 rings (SSSR count). The average Bonchev–Trinajstić information content (AvgIpc) is 3.03. The van der Waals surface area contributed by atoms with E-state index < -0.39 is 0 Å². The molecule has 0 saturated carbocycles. The summed E-state index contributed by atoms with van der Waals surface area (Å²) in [6.45, 7) is 4.16. The Balaban J connectivity index is 2.10. The van der Waals surface area contributed by atoms with E-state index >= 15 is 0 Å². The fraction of sp³-hybridized carbons (Fsp3) is 0.200. The van der Waals surface area contributed by atoms with Crippen molar-refractivity contribution in [1.29, 1.82) is 0 Å². The lowest BCUT2D eigenvalue weighted by Crippen LogP contribution is -1.90. The fourth-order valence-corrected chi connectivity index (χ4v) is 2.84. The molecule has 0 aliphatic rings. The molecule has 0 fully saturated rings. The summed E-state index contributed by atoms with van der Waals surface area (Å²) in [6, 6.07) is 12.2. The highest BCUT2D eigenvalue weighted by atomic mass is 16.5. The van der Waals surface area contributed by atoms with E-state index in [9.17, 15) is 0 Å². The molecule has 0 radical (unpaired) electrons. The molecule has 118 valence electrons. The first-order chi connectivity index (χ1) is 11.1. The number of rotatable bonds is 4. The van der Waals surface area contributed by atoms with Crippen LogP contribution in [0, 0.1) is 13.8 Å². The fourth-order valence-electron chi connectivity index (χ4n) is 2.84. The van der Waals surface area contributed by atoms with E-state index in [-0.39, 0.29) is 0 Å². The summed E-state index contributed by atoms with van der Waals surface area (Å²) in [6.07, 6.45) is 3.60. The highest BCUT2D eigenvalue weighted by molar-refractivity contribution is 5.85. The zero-order chi connectivity index (χ0) is 16.4. The van der Waals surface area contributed by atoms with Gasteiger partial charge in [0.25, 0.3) is 0 Å². The van der Waals surface area contributed by atoms with Gasteiger partial charge in [0.15, 0.2) is 0 Å². The number of hydrogen-bond donors (Lipinski definition) is 0. The van der Waals surface area contributed by atoms with Crippen LogP contribution in [0.1, 0.15) is 11.1 Å². The molecule has 2 aromatic carbocycles. The normalized spacial score (nSPS) is 10.6. The molecule has 0 saturated heterocycles. The van der Waals surface area contributed by atoms with Crippen LogP contribution in [0.3, 0.4) is 0 Å². The van der Waals surface area contributed by atoms with Crippen molar-refractivity contribution >= 4 is 0 Å². The largest absolute Gasteiger partial charge is 0.497 e. The van der Waals surface area contributed by atoms with Gasteiger partial charge in [0.1, 0.15) is 11.5 Å². The van der Waals surface area contributed by atoms with Gasteiger partial charge in [-0.1, -0.05) is 12.1 Å². The Hall–Kier alpha value is -2.68. The van der Waals surface area contributed by atoms with Gasteiger partial charge < -0.3 is 13.9 Å². The molecule has 3 aromatic rings. The van der Waals surface area contributed by atoms with Gasteiger partial charge in [0, 0.05) is 11.1 Å². The summed E-state index contributed by atoms with van der Waals surface area (Å²) in [4.78, 5) is 0. The quantitative estimate of drug-likeness (QED) is 0.660. The van der Waals surface area contributed by atoms with E-state index in [4.69, 9.17) is 13.9 Å². The minimum atomic E-state index is 0.858. The van der Waals surface area contributed by atoms with Crippen molar-refractivity contribution < 1.29 is 13.9 Å². The van der Waals surface area contributed by atoms with Crippen LogP contribution in [0.4, 0.5) is 0 Å². The van der Waals surface area contributed by atoms with Crippen molar-refractivity contribution in [2.45, 2.75) is 13.8 Å². The smallest absolute Gasteiger partial charge is 0.119 e. The molecule has 3 heteroatoms. The monoisotopic (exact) mass is 308 g/mol. The second-order valence-electron chi connectivity index (χ2n) is 5.56. The van der Waals surface area contributed by atoms with Crippen molar-refractivity contribution in [3.63, 3.8) is 0 Å². The van der Waals surface area contributed by atoms with Crippen molar-refractivity contribution in [3.8, 4) is 33.8 Å². The first-order valence-corrected chi connectivity index (χ1v) is 7.50. The summed E-state index contributed by atoms with van der Waals surface area (Å²) in [5, 5.41) is 0. The van der Waals surface area contributed by atoms with Crippen molar-refractivity contribution in [3.05, 3.63) is 60.1 Å². The summed E-state index contributed by atoms with van der Waals surface area (Å²) in [5.74, 6) is 1.72. The lowest BCUT2D eigenvalue weighted by Gasteiger charge is -2.11. The predicted molar refractivity (Wildman–Crippen MR) is 92.2 cm³/mol. The van der Waals surface area contributed by atoms with Gasteiger partial charge in [-0.3, -0.25) is 0 Å². The Kier molecular flexibility index (Phi) is 4.11. The molecule has 23 heavy (non-hydrogen) atoms. The molecule has 0 atom stereocenters. The minimum Gasteiger partial charge on any atom is -0.497 e. The van der Waals surface area contributed by atoms with Crippen LogP contribution in [-0.2, 0) is 0 Å². The van der Waals surface area contributed by atoms with E-state index in [1.807, 2.05) is 24.3 Å². The third kappa shape index (κ3) is 2.82. The molecule has 1 heterocycles. The molecule has 0 unspecified atom stereocenters. The zero-order valence-electron chi connectivity index (χ0n) is 13.8. The summed E-state index contributed by atoms with van der Waals surface area (Å²) >= 11 is 0. The van der Waals surface area contributed by atoms with Crippen LogP contribution in [0.2, 0.25) is 0 Å². The van der Waals surface area contributed by atoms with Crippen LogP contribution in [0.25, 0.3) is 22.3 Å². The van der Waals surface area contributed by atoms with Gasteiger partial charge >= 0.3 is 0 Å². The third-order valence-corrected chi connectivity index (χ3v) is 4.11. The van der Waals surface area contributed by atoms with Crippen LogP contribution in [0.15, 0.2) is 53.3 Å². The van der Waals surface area contributed by atoms with Gasteiger partial charge in [-0.2, -0.15) is 0 Å².